The molecule has 0 unspecified atom stereocenters. The van der Waals surface area contributed by atoms with Gasteiger partial charge in [0, 0.05) is 23.9 Å². The molecule has 0 aromatic rings. The third kappa shape index (κ3) is 2.76. The molecule has 4 aliphatic rings. The zero-order valence-electron chi connectivity index (χ0n) is 18.4. The van der Waals surface area contributed by atoms with Crippen molar-refractivity contribution in [3.63, 3.8) is 0 Å². The molecule has 2 N–H and O–H groups in total. The van der Waals surface area contributed by atoms with Crippen LogP contribution in [-0.2, 0) is 14.2 Å². The molecule has 2 saturated carbocycles. The fourth-order valence-electron chi connectivity index (χ4n) is 7.57. The smallest absolute Gasteiger partial charge is 0.163 e. The molecule has 4 rings (SSSR count). The maximum Gasteiger partial charge on any atom is 0.163 e. The Hall–Kier alpha value is -0.200. The van der Waals surface area contributed by atoms with Crippen LogP contribution in [0.15, 0.2) is 0 Å². The molecule has 0 aromatic heterocycles. The lowest BCUT2D eigenvalue weighted by atomic mass is 9.43. The molecule has 0 bridgehead atoms. The van der Waals surface area contributed by atoms with Crippen molar-refractivity contribution in [1.29, 1.82) is 0 Å². The van der Waals surface area contributed by atoms with Crippen LogP contribution >= 0.6 is 0 Å². The number of ether oxygens (including phenoxy) is 3. The molecule has 2 aliphatic heterocycles. The Kier molecular flexibility index (Phi) is 5.00. The lowest BCUT2D eigenvalue weighted by Gasteiger charge is -2.67. The third-order valence-corrected chi connectivity index (χ3v) is 9.24. The first-order valence-corrected chi connectivity index (χ1v) is 11.3. The zero-order chi connectivity index (χ0) is 20.4. The lowest BCUT2D eigenvalue weighted by Crippen LogP contribution is -2.69. The Morgan fingerprint density at radius 1 is 0.964 bits per heavy atom. The second-order valence-electron chi connectivity index (χ2n) is 11.1. The van der Waals surface area contributed by atoms with E-state index in [9.17, 15) is 10.2 Å². The summed E-state index contributed by atoms with van der Waals surface area (Å²) >= 11 is 0. The van der Waals surface area contributed by atoms with E-state index >= 15 is 0 Å². The number of aliphatic hydroxyl groups is 2. The van der Waals surface area contributed by atoms with Crippen LogP contribution in [0.3, 0.4) is 0 Å². The van der Waals surface area contributed by atoms with Gasteiger partial charge in [0.15, 0.2) is 5.79 Å². The van der Waals surface area contributed by atoms with Gasteiger partial charge in [0.1, 0.15) is 0 Å². The van der Waals surface area contributed by atoms with Crippen LogP contribution in [0.5, 0.6) is 0 Å². The quantitative estimate of drug-likeness (QED) is 0.762. The Balaban J connectivity index is 1.70. The van der Waals surface area contributed by atoms with Gasteiger partial charge in [-0.05, 0) is 64.2 Å². The molecule has 1 spiro atoms. The summed E-state index contributed by atoms with van der Waals surface area (Å²) in [7, 11) is 0. The van der Waals surface area contributed by atoms with Crippen LogP contribution in [-0.4, -0.2) is 53.1 Å². The van der Waals surface area contributed by atoms with Crippen molar-refractivity contribution >= 4 is 0 Å². The summed E-state index contributed by atoms with van der Waals surface area (Å²) in [4.78, 5) is 0. The highest BCUT2D eigenvalue weighted by Crippen LogP contribution is 2.69. The maximum atomic E-state index is 10.1. The van der Waals surface area contributed by atoms with Gasteiger partial charge in [0.2, 0.25) is 0 Å². The van der Waals surface area contributed by atoms with Gasteiger partial charge < -0.3 is 24.4 Å². The second-order valence-corrected chi connectivity index (χ2v) is 11.1. The van der Waals surface area contributed by atoms with Crippen LogP contribution in [0.4, 0.5) is 0 Å². The number of hydrogen-bond acceptors (Lipinski definition) is 5. The Morgan fingerprint density at radius 3 is 2.39 bits per heavy atom. The van der Waals surface area contributed by atoms with Crippen molar-refractivity contribution in [2.75, 3.05) is 19.8 Å². The first-order valence-electron chi connectivity index (χ1n) is 11.3. The van der Waals surface area contributed by atoms with E-state index in [1.807, 2.05) is 13.8 Å². The highest BCUT2D eigenvalue weighted by Gasteiger charge is 2.70. The molecule has 0 aromatic carbocycles. The Morgan fingerprint density at radius 2 is 1.71 bits per heavy atom. The molecule has 2 aliphatic carbocycles. The van der Waals surface area contributed by atoms with Crippen LogP contribution in [0, 0.1) is 22.7 Å². The maximum absolute atomic E-state index is 10.1. The van der Waals surface area contributed by atoms with E-state index in [1.165, 1.54) is 6.42 Å². The Bertz CT molecular complexity index is 608. The average molecular weight is 397 g/mol. The van der Waals surface area contributed by atoms with Crippen LogP contribution < -0.4 is 0 Å². The van der Waals surface area contributed by atoms with Gasteiger partial charge in [-0.3, -0.25) is 0 Å². The van der Waals surface area contributed by atoms with E-state index in [-0.39, 0.29) is 35.7 Å². The normalized spacial score (nSPS) is 53.0. The van der Waals surface area contributed by atoms with E-state index < -0.39 is 11.4 Å². The van der Waals surface area contributed by atoms with Gasteiger partial charge in [-0.2, -0.15) is 0 Å². The van der Waals surface area contributed by atoms with Gasteiger partial charge >= 0.3 is 0 Å². The SMILES string of the molecule is C[C@@H]1CC[C@H]2[C@]3(C)COC(C)(C)O[C@H]3CC[C@@]2(C)[C@@]12CC[C@@](CO)(CCO)O2. The van der Waals surface area contributed by atoms with E-state index in [0.29, 0.717) is 18.3 Å². The van der Waals surface area contributed by atoms with Crippen molar-refractivity contribution in [1.82, 2.24) is 0 Å². The van der Waals surface area contributed by atoms with Gasteiger partial charge in [-0.1, -0.05) is 20.8 Å². The summed E-state index contributed by atoms with van der Waals surface area (Å²) in [6.07, 6.45) is 6.95. The monoisotopic (exact) mass is 396 g/mol. The van der Waals surface area contributed by atoms with Crippen molar-refractivity contribution < 1.29 is 24.4 Å². The van der Waals surface area contributed by atoms with Crippen molar-refractivity contribution in [3.8, 4) is 0 Å². The number of hydrogen-bond donors (Lipinski definition) is 2. The molecule has 0 radical (unpaired) electrons. The van der Waals surface area contributed by atoms with E-state index in [4.69, 9.17) is 14.2 Å². The Labute approximate surface area is 170 Å². The molecule has 162 valence electrons. The number of fused-ring (bicyclic) bond motifs is 4. The molecule has 28 heavy (non-hydrogen) atoms. The van der Waals surface area contributed by atoms with Crippen LogP contribution in [0.2, 0.25) is 0 Å². The van der Waals surface area contributed by atoms with Crippen LogP contribution in [0.25, 0.3) is 0 Å². The fourth-order valence-corrected chi connectivity index (χ4v) is 7.57. The van der Waals surface area contributed by atoms with Gasteiger partial charge in [-0.15, -0.1) is 0 Å². The number of rotatable bonds is 3. The predicted molar refractivity (Wildman–Crippen MR) is 107 cm³/mol. The molecule has 5 nitrogen and oxygen atoms in total. The van der Waals surface area contributed by atoms with Crippen molar-refractivity contribution in [2.45, 2.75) is 103 Å². The van der Waals surface area contributed by atoms with Gasteiger partial charge in [0.05, 0.1) is 30.5 Å². The predicted octanol–water partition coefficient (Wildman–Crippen LogP) is 3.65. The largest absolute Gasteiger partial charge is 0.396 e. The van der Waals surface area contributed by atoms with Crippen LogP contribution in [0.1, 0.15) is 79.6 Å². The van der Waals surface area contributed by atoms with Crippen molar-refractivity contribution in [2.24, 2.45) is 22.7 Å². The minimum Gasteiger partial charge on any atom is -0.396 e. The third-order valence-electron chi connectivity index (χ3n) is 9.24. The standard InChI is InChI=1S/C23H40O5/c1-16-6-7-17-20(4)15-26-19(2,3)27-18(20)8-9-21(17,5)23(16)11-10-22(14-25,28-23)12-13-24/h16-18,24-25H,6-15H2,1-5H3/t16-,17+,18+,20+,21-,22+,23-/m1/s1. The highest BCUT2D eigenvalue weighted by molar-refractivity contribution is 5.18. The molecule has 2 saturated heterocycles. The minimum absolute atomic E-state index is 0.0108. The highest BCUT2D eigenvalue weighted by atomic mass is 16.7. The topological polar surface area (TPSA) is 68.2 Å². The van der Waals surface area contributed by atoms with Crippen molar-refractivity contribution in [3.05, 3.63) is 0 Å². The van der Waals surface area contributed by atoms with Gasteiger partial charge in [-0.25, -0.2) is 0 Å². The molecular weight excluding hydrogens is 356 g/mol. The molecule has 7 atom stereocenters. The summed E-state index contributed by atoms with van der Waals surface area (Å²) in [6.45, 7) is 12.0. The van der Waals surface area contributed by atoms with E-state index in [1.54, 1.807) is 0 Å². The lowest BCUT2D eigenvalue weighted by molar-refractivity contribution is -0.359. The average Bonchev–Trinajstić information content (AvgIpc) is 3.03. The van der Waals surface area contributed by atoms with E-state index in [0.717, 1.165) is 38.7 Å². The molecule has 0 amide bonds. The summed E-state index contributed by atoms with van der Waals surface area (Å²) < 4.78 is 19.5. The zero-order valence-corrected chi connectivity index (χ0v) is 18.4. The van der Waals surface area contributed by atoms with Gasteiger partial charge in [0.25, 0.3) is 0 Å². The number of aliphatic hydroxyl groups excluding tert-OH is 2. The first kappa shape index (κ1) is 21.0. The molecular formula is C23H40O5. The summed E-state index contributed by atoms with van der Waals surface area (Å²) in [6, 6.07) is 0. The molecule has 5 heteroatoms. The fraction of sp³-hybridized carbons (Fsp3) is 1.00. The summed E-state index contributed by atoms with van der Waals surface area (Å²) in [5.74, 6) is 0.409. The minimum atomic E-state index is -0.590. The molecule has 4 fully saturated rings. The molecule has 2 heterocycles. The summed E-state index contributed by atoms with van der Waals surface area (Å²) in [5.41, 5.74) is -0.820. The second kappa shape index (κ2) is 6.65. The van der Waals surface area contributed by atoms with E-state index in [2.05, 4.69) is 20.8 Å². The first-order chi connectivity index (χ1) is 13.1. The summed E-state index contributed by atoms with van der Waals surface area (Å²) in [5, 5.41) is 19.7.